The summed E-state index contributed by atoms with van der Waals surface area (Å²) in [6.45, 7) is 5.05. The number of carbonyl (C=O) groups excluding carboxylic acids is 4. The molecule has 1 aliphatic rings. The highest BCUT2D eigenvalue weighted by molar-refractivity contribution is 5.94. The molecule has 0 radical (unpaired) electrons. The molecule has 44 heavy (non-hydrogen) atoms. The van der Waals surface area contributed by atoms with E-state index in [9.17, 15) is 24.3 Å². The van der Waals surface area contributed by atoms with Gasteiger partial charge in [-0.1, -0.05) is 135 Å². The third-order valence-corrected chi connectivity index (χ3v) is 8.17. The summed E-state index contributed by atoms with van der Waals surface area (Å²) in [5.74, 6) is -3.54. The van der Waals surface area contributed by atoms with Crippen LogP contribution in [0.15, 0.2) is 24.3 Å². The van der Waals surface area contributed by atoms with Crippen LogP contribution in [0, 0.1) is 5.92 Å². The largest absolute Gasteiger partial charge is 0.462 e. The van der Waals surface area contributed by atoms with Gasteiger partial charge in [-0.05, 0) is 25.8 Å². The van der Waals surface area contributed by atoms with Crippen molar-refractivity contribution in [2.75, 3.05) is 13.2 Å². The zero-order valence-corrected chi connectivity index (χ0v) is 27.8. The SMILES string of the molecule is CCCCCCCCCCCC(=O)OCC(COC(=O)CCCCCCCCCCC)OC(=O)C1C=CC=CC1(O)C(C)=O. The maximum absolute atomic E-state index is 13.0. The molecule has 0 heterocycles. The number of hydrogen-bond acceptors (Lipinski definition) is 8. The lowest BCUT2D eigenvalue weighted by Gasteiger charge is -2.30. The molecule has 0 saturated heterocycles. The van der Waals surface area contributed by atoms with Crippen LogP contribution in [-0.4, -0.2) is 53.7 Å². The van der Waals surface area contributed by atoms with Crippen LogP contribution >= 0.6 is 0 Å². The Morgan fingerprint density at radius 3 is 1.48 bits per heavy atom. The van der Waals surface area contributed by atoms with Gasteiger partial charge in [-0.2, -0.15) is 0 Å². The first-order valence-corrected chi connectivity index (χ1v) is 17.4. The van der Waals surface area contributed by atoms with E-state index in [4.69, 9.17) is 14.2 Å². The first-order valence-electron chi connectivity index (χ1n) is 17.4. The summed E-state index contributed by atoms with van der Waals surface area (Å²) in [5, 5.41) is 10.8. The van der Waals surface area contributed by atoms with E-state index in [-0.39, 0.29) is 26.1 Å². The molecule has 0 fully saturated rings. The molecule has 1 aliphatic carbocycles. The van der Waals surface area contributed by atoms with Crippen molar-refractivity contribution in [3.05, 3.63) is 24.3 Å². The minimum atomic E-state index is -2.03. The molecule has 1 rings (SSSR count). The molecule has 2 atom stereocenters. The lowest BCUT2D eigenvalue weighted by atomic mass is 9.81. The molecule has 8 nitrogen and oxygen atoms in total. The van der Waals surface area contributed by atoms with Gasteiger partial charge in [-0.25, -0.2) is 0 Å². The van der Waals surface area contributed by atoms with Crippen molar-refractivity contribution in [1.29, 1.82) is 0 Å². The minimum Gasteiger partial charge on any atom is -0.462 e. The van der Waals surface area contributed by atoms with Gasteiger partial charge in [0.15, 0.2) is 17.5 Å². The Morgan fingerprint density at radius 2 is 1.07 bits per heavy atom. The van der Waals surface area contributed by atoms with Crippen molar-refractivity contribution in [2.45, 2.75) is 161 Å². The Morgan fingerprint density at radius 1 is 0.659 bits per heavy atom. The summed E-state index contributed by atoms with van der Waals surface area (Å²) in [5.41, 5.74) is -2.03. The number of ether oxygens (including phenoxy) is 3. The molecule has 0 spiro atoms. The number of aliphatic hydroxyl groups is 1. The number of Topliss-reactive ketones (excluding diaryl/α,β-unsaturated/α-hetero) is 1. The zero-order valence-electron chi connectivity index (χ0n) is 27.8. The molecule has 8 heteroatoms. The van der Waals surface area contributed by atoms with Gasteiger partial charge in [-0.15, -0.1) is 0 Å². The highest BCUT2D eigenvalue weighted by Gasteiger charge is 2.44. The van der Waals surface area contributed by atoms with Crippen LogP contribution < -0.4 is 0 Å². The van der Waals surface area contributed by atoms with Crippen LogP contribution in [0.5, 0.6) is 0 Å². The molecular formula is C36H60O8. The third-order valence-electron chi connectivity index (χ3n) is 8.17. The second-order valence-corrected chi connectivity index (χ2v) is 12.2. The van der Waals surface area contributed by atoms with Crippen molar-refractivity contribution in [1.82, 2.24) is 0 Å². The van der Waals surface area contributed by atoms with Gasteiger partial charge < -0.3 is 19.3 Å². The molecule has 0 amide bonds. The van der Waals surface area contributed by atoms with Gasteiger partial charge in [0, 0.05) is 12.8 Å². The molecule has 0 bridgehead atoms. The van der Waals surface area contributed by atoms with Crippen molar-refractivity contribution < 1.29 is 38.5 Å². The number of rotatable bonds is 27. The van der Waals surface area contributed by atoms with Crippen LogP contribution in [0.3, 0.4) is 0 Å². The number of hydrogen-bond donors (Lipinski definition) is 1. The lowest BCUT2D eigenvalue weighted by Crippen LogP contribution is -2.48. The molecule has 0 saturated carbocycles. The number of carbonyl (C=O) groups is 4. The summed E-state index contributed by atoms with van der Waals surface area (Å²) in [7, 11) is 0. The van der Waals surface area contributed by atoms with E-state index in [0.717, 1.165) is 38.5 Å². The average molecular weight is 621 g/mol. The van der Waals surface area contributed by atoms with Crippen molar-refractivity contribution in [2.24, 2.45) is 5.92 Å². The Hall–Kier alpha value is -2.48. The molecule has 0 aromatic rings. The van der Waals surface area contributed by atoms with E-state index in [1.54, 1.807) is 6.08 Å². The van der Waals surface area contributed by atoms with Gasteiger partial charge in [0.25, 0.3) is 0 Å². The molecule has 0 aromatic heterocycles. The Bertz CT molecular complexity index is 841. The highest BCUT2D eigenvalue weighted by Crippen LogP contribution is 2.27. The van der Waals surface area contributed by atoms with E-state index in [1.165, 1.54) is 102 Å². The van der Waals surface area contributed by atoms with Crippen LogP contribution in [0.2, 0.25) is 0 Å². The second kappa shape index (κ2) is 24.8. The van der Waals surface area contributed by atoms with Gasteiger partial charge in [0.1, 0.15) is 19.1 Å². The Kier molecular flexibility index (Phi) is 22.3. The van der Waals surface area contributed by atoms with E-state index in [1.807, 2.05) is 0 Å². The fourth-order valence-corrected chi connectivity index (χ4v) is 5.25. The maximum atomic E-state index is 13.0. The Labute approximate surface area is 266 Å². The van der Waals surface area contributed by atoms with Gasteiger partial charge >= 0.3 is 17.9 Å². The summed E-state index contributed by atoms with van der Waals surface area (Å²) in [4.78, 5) is 49.9. The second-order valence-electron chi connectivity index (χ2n) is 12.2. The standard InChI is InChI=1S/C36H60O8/c1-4-6-8-10-12-14-16-18-20-25-33(38)42-28-31(44-35(40)32-24-22-23-27-36(32,41)30(3)37)29-43-34(39)26-21-19-17-15-13-11-9-7-5-2/h22-24,27,31-32,41H,4-21,25-26,28-29H2,1-3H3. The summed E-state index contributed by atoms with van der Waals surface area (Å²) in [6.07, 6.45) is 25.5. The lowest BCUT2D eigenvalue weighted by molar-refractivity contribution is -0.173. The first-order chi connectivity index (χ1) is 21.2. The normalized spacial score (nSPS) is 17.5. The van der Waals surface area contributed by atoms with Crippen molar-refractivity contribution >= 4 is 23.7 Å². The van der Waals surface area contributed by atoms with Gasteiger partial charge in [0.05, 0.1) is 0 Å². The van der Waals surface area contributed by atoms with Crippen LogP contribution in [0.1, 0.15) is 149 Å². The smallest absolute Gasteiger partial charge is 0.317 e. The zero-order chi connectivity index (χ0) is 32.5. The van der Waals surface area contributed by atoms with Gasteiger partial charge in [-0.3, -0.25) is 19.2 Å². The fraction of sp³-hybridized carbons (Fsp3) is 0.778. The summed E-state index contributed by atoms with van der Waals surface area (Å²) in [6, 6.07) is 0. The molecule has 2 unspecified atom stereocenters. The molecule has 0 aromatic carbocycles. The molecule has 252 valence electrons. The van der Waals surface area contributed by atoms with E-state index >= 15 is 0 Å². The average Bonchev–Trinajstić information content (AvgIpc) is 3.00. The fourth-order valence-electron chi connectivity index (χ4n) is 5.25. The van der Waals surface area contributed by atoms with E-state index < -0.39 is 41.3 Å². The molecule has 0 aliphatic heterocycles. The summed E-state index contributed by atoms with van der Waals surface area (Å²) >= 11 is 0. The predicted molar refractivity (Wildman–Crippen MR) is 173 cm³/mol. The number of ketones is 1. The number of unbranched alkanes of at least 4 members (excludes halogenated alkanes) is 16. The number of allylic oxidation sites excluding steroid dienone is 2. The van der Waals surface area contributed by atoms with Crippen LogP contribution in [0.4, 0.5) is 0 Å². The first kappa shape index (κ1) is 39.5. The third kappa shape index (κ3) is 17.7. The maximum Gasteiger partial charge on any atom is 0.317 e. The number of esters is 3. The van der Waals surface area contributed by atoms with Crippen molar-refractivity contribution in [3.63, 3.8) is 0 Å². The Balaban J connectivity index is 2.52. The monoisotopic (exact) mass is 620 g/mol. The van der Waals surface area contributed by atoms with E-state index in [0.29, 0.717) is 0 Å². The minimum absolute atomic E-state index is 0.259. The van der Waals surface area contributed by atoms with E-state index in [2.05, 4.69) is 13.8 Å². The van der Waals surface area contributed by atoms with Gasteiger partial charge in [0.2, 0.25) is 0 Å². The molecular weight excluding hydrogens is 560 g/mol. The topological polar surface area (TPSA) is 116 Å². The highest BCUT2D eigenvalue weighted by atomic mass is 16.6. The quantitative estimate of drug-likeness (QED) is 0.0560. The predicted octanol–water partition coefficient (Wildman–Crippen LogP) is 7.89. The van der Waals surface area contributed by atoms with Crippen LogP contribution in [0.25, 0.3) is 0 Å². The molecule has 1 N–H and O–H groups in total. The van der Waals surface area contributed by atoms with Crippen LogP contribution in [-0.2, 0) is 33.4 Å². The summed E-state index contributed by atoms with van der Waals surface area (Å²) < 4.78 is 16.3. The van der Waals surface area contributed by atoms with Crippen molar-refractivity contribution in [3.8, 4) is 0 Å².